The molecule has 0 amide bonds. The molecule has 1 aliphatic heterocycles. The van der Waals surface area contributed by atoms with E-state index in [1.807, 2.05) is 0 Å². The molecule has 0 bridgehead atoms. The minimum atomic E-state index is 0. The molecule has 0 radical (unpaired) electrons. The van der Waals surface area contributed by atoms with Crippen molar-refractivity contribution in [3.63, 3.8) is 0 Å². The van der Waals surface area contributed by atoms with Crippen molar-refractivity contribution < 1.29 is 17.0 Å². The van der Waals surface area contributed by atoms with Crippen molar-refractivity contribution in [2.45, 2.75) is 32.7 Å². The summed E-state index contributed by atoms with van der Waals surface area (Å²) in [6.07, 6.45) is 8.56. The summed E-state index contributed by atoms with van der Waals surface area (Å²) in [5, 5.41) is 0. The number of rotatable bonds is 3. The molecule has 0 N–H and O–H groups in total. The predicted octanol–water partition coefficient (Wildman–Crippen LogP) is -1.23. The molecule has 0 aliphatic carbocycles. The molecule has 90 valence electrons. The molecule has 0 saturated carbocycles. The highest BCUT2D eigenvalue weighted by molar-refractivity contribution is 5.03. The lowest BCUT2D eigenvalue weighted by Crippen LogP contribution is -3.00. The topological polar surface area (TPSA) is 7.12 Å². The maximum Gasteiger partial charge on any atom is 0.169 e. The van der Waals surface area contributed by atoms with E-state index in [4.69, 9.17) is 0 Å². The number of aryl methyl sites for hydroxylation is 1. The quantitative estimate of drug-likeness (QED) is 0.601. The minimum absolute atomic E-state index is 0. The van der Waals surface area contributed by atoms with Crippen LogP contribution >= 0.6 is 0 Å². The Bertz CT molecular complexity index is 291. The highest BCUT2D eigenvalue weighted by Gasteiger charge is 2.11. The molecule has 2 nitrogen and oxygen atoms in total. The third kappa shape index (κ3) is 4.11. The SMILES string of the molecule is Cc1cc[n+](CCN2CCCCC2)cc1.[Cl-]. The summed E-state index contributed by atoms with van der Waals surface area (Å²) < 4.78 is 2.28. The van der Waals surface area contributed by atoms with Gasteiger partial charge in [0.15, 0.2) is 18.9 Å². The first-order chi connectivity index (χ1) is 7.34. The standard InChI is InChI=1S/C13H21N2.ClH/c1-13-5-9-15(10-6-13)12-11-14-7-3-2-4-8-14;/h5-6,9-10H,2-4,7-8,11-12H2,1H3;1H/q+1;/p-1. The Morgan fingerprint density at radius 1 is 1.12 bits per heavy atom. The molecule has 16 heavy (non-hydrogen) atoms. The molecule has 0 aromatic carbocycles. The molecule has 1 saturated heterocycles. The van der Waals surface area contributed by atoms with Crippen molar-refractivity contribution in [1.82, 2.24) is 4.90 Å². The normalized spacial score (nSPS) is 16.8. The number of halogens is 1. The molecular formula is C13H21ClN2. The monoisotopic (exact) mass is 240 g/mol. The van der Waals surface area contributed by atoms with Crippen molar-refractivity contribution in [3.8, 4) is 0 Å². The smallest absolute Gasteiger partial charge is 0.169 e. The Balaban J connectivity index is 0.00000128. The average molecular weight is 241 g/mol. The van der Waals surface area contributed by atoms with Crippen LogP contribution in [0.1, 0.15) is 24.8 Å². The Morgan fingerprint density at radius 2 is 1.75 bits per heavy atom. The van der Waals surface area contributed by atoms with Crippen LogP contribution in [-0.4, -0.2) is 24.5 Å². The van der Waals surface area contributed by atoms with Crippen LogP contribution in [0.5, 0.6) is 0 Å². The second kappa shape index (κ2) is 6.87. The molecule has 1 aliphatic rings. The number of hydrogen-bond acceptors (Lipinski definition) is 1. The first-order valence-electron chi connectivity index (χ1n) is 6.03. The van der Waals surface area contributed by atoms with E-state index in [2.05, 4.69) is 40.9 Å². The molecule has 1 fully saturated rings. The number of piperidine rings is 1. The number of hydrogen-bond donors (Lipinski definition) is 0. The van der Waals surface area contributed by atoms with E-state index in [-0.39, 0.29) is 12.4 Å². The van der Waals surface area contributed by atoms with Gasteiger partial charge in [0.2, 0.25) is 0 Å². The lowest BCUT2D eigenvalue weighted by molar-refractivity contribution is -0.696. The van der Waals surface area contributed by atoms with Crippen molar-refractivity contribution >= 4 is 0 Å². The van der Waals surface area contributed by atoms with Crippen LogP contribution in [0, 0.1) is 6.92 Å². The average Bonchev–Trinajstić information content (AvgIpc) is 2.30. The summed E-state index contributed by atoms with van der Waals surface area (Å²) in [7, 11) is 0. The molecule has 2 heterocycles. The lowest BCUT2D eigenvalue weighted by Gasteiger charge is -2.24. The van der Waals surface area contributed by atoms with E-state index in [9.17, 15) is 0 Å². The Kier molecular flexibility index (Phi) is 5.78. The Labute approximate surface area is 105 Å². The van der Waals surface area contributed by atoms with Crippen LogP contribution in [0.4, 0.5) is 0 Å². The van der Waals surface area contributed by atoms with Crippen LogP contribution in [0.25, 0.3) is 0 Å². The van der Waals surface area contributed by atoms with Gasteiger partial charge < -0.3 is 12.4 Å². The van der Waals surface area contributed by atoms with Crippen LogP contribution < -0.4 is 17.0 Å². The van der Waals surface area contributed by atoms with Crippen molar-refractivity contribution in [2.24, 2.45) is 0 Å². The molecule has 1 aromatic heterocycles. The Hall–Kier alpha value is -0.600. The van der Waals surface area contributed by atoms with E-state index < -0.39 is 0 Å². The van der Waals surface area contributed by atoms with Crippen LogP contribution in [0.15, 0.2) is 24.5 Å². The van der Waals surface area contributed by atoms with Gasteiger partial charge in [0, 0.05) is 12.1 Å². The number of pyridine rings is 1. The van der Waals surface area contributed by atoms with Crippen molar-refractivity contribution in [1.29, 1.82) is 0 Å². The predicted molar refractivity (Wildman–Crippen MR) is 61.7 cm³/mol. The number of aromatic nitrogens is 1. The first-order valence-corrected chi connectivity index (χ1v) is 6.03. The molecule has 0 spiro atoms. The summed E-state index contributed by atoms with van der Waals surface area (Å²) in [4.78, 5) is 2.58. The summed E-state index contributed by atoms with van der Waals surface area (Å²) in [6.45, 7) is 7.06. The fourth-order valence-corrected chi connectivity index (χ4v) is 2.12. The first kappa shape index (κ1) is 13.5. The van der Waals surface area contributed by atoms with Gasteiger partial charge in [-0.1, -0.05) is 6.42 Å². The lowest BCUT2D eigenvalue weighted by atomic mass is 10.1. The minimum Gasteiger partial charge on any atom is -1.00 e. The molecule has 1 aromatic rings. The largest absolute Gasteiger partial charge is 1.00 e. The van der Waals surface area contributed by atoms with Gasteiger partial charge in [0.25, 0.3) is 0 Å². The maximum atomic E-state index is 2.58. The highest BCUT2D eigenvalue weighted by atomic mass is 35.5. The van der Waals surface area contributed by atoms with E-state index >= 15 is 0 Å². The van der Waals surface area contributed by atoms with Gasteiger partial charge in [-0.3, -0.25) is 4.90 Å². The molecule has 0 atom stereocenters. The zero-order valence-electron chi connectivity index (χ0n) is 10.0. The van der Waals surface area contributed by atoms with Crippen LogP contribution in [0.3, 0.4) is 0 Å². The number of likely N-dealkylation sites (tertiary alicyclic amines) is 1. The van der Waals surface area contributed by atoms with E-state index in [1.54, 1.807) is 0 Å². The number of nitrogens with zero attached hydrogens (tertiary/aromatic N) is 2. The Morgan fingerprint density at radius 3 is 2.38 bits per heavy atom. The van der Waals surface area contributed by atoms with Gasteiger partial charge >= 0.3 is 0 Å². The van der Waals surface area contributed by atoms with E-state index in [0.29, 0.717) is 0 Å². The van der Waals surface area contributed by atoms with E-state index in [0.717, 1.165) is 6.54 Å². The van der Waals surface area contributed by atoms with Gasteiger partial charge in [-0.25, -0.2) is 4.57 Å². The second-order valence-corrected chi connectivity index (χ2v) is 4.52. The van der Waals surface area contributed by atoms with Crippen LogP contribution in [-0.2, 0) is 6.54 Å². The van der Waals surface area contributed by atoms with Gasteiger partial charge in [-0.2, -0.15) is 0 Å². The molecule has 0 unspecified atom stereocenters. The van der Waals surface area contributed by atoms with E-state index in [1.165, 1.54) is 44.5 Å². The third-order valence-corrected chi connectivity index (χ3v) is 3.18. The maximum absolute atomic E-state index is 2.58. The summed E-state index contributed by atoms with van der Waals surface area (Å²) in [6, 6.07) is 4.35. The van der Waals surface area contributed by atoms with Crippen molar-refractivity contribution in [2.75, 3.05) is 19.6 Å². The fraction of sp³-hybridized carbons (Fsp3) is 0.615. The summed E-state index contributed by atoms with van der Waals surface area (Å²) in [5.74, 6) is 0. The summed E-state index contributed by atoms with van der Waals surface area (Å²) in [5.41, 5.74) is 1.34. The van der Waals surface area contributed by atoms with Gasteiger partial charge in [-0.05, 0) is 38.4 Å². The zero-order valence-corrected chi connectivity index (χ0v) is 10.8. The molecular weight excluding hydrogens is 220 g/mol. The van der Waals surface area contributed by atoms with Gasteiger partial charge in [0.05, 0.1) is 6.54 Å². The highest BCUT2D eigenvalue weighted by Crippen LogP contribution is 2.07. The van der Waals surface area contributed by atoms with Crippen molar-refractivity contribution in [3.05, 3.63) is 30.1 Å². The van der Waals surface area contributed by atoms with Gasteiger partial charge in [0.1, 0.15) is 0 Å². The molecule has 2 rings (SSSR count). The van der Waals surface area contributed by atoms with Crippen LogP contribution in [0.2, 0.25) is 0 Å². The molecule has 3 heteroatoms. The fourth-order valence-electron chi connectivity index (χ4n) is 2.12. The van der Waals surface area contributed by atoms with Gasteiger partial charge in [-0.15, -0.1) is 0 Å². The zero-order chi connectivity index (χ0) is 10.5. The summed E-state index contributed by atoms with van der Waals surface area (Å²) >= 11 is 0. The third-order valence-electron chi connectivity index (χ3n) is 3.18. The second-order valence-electron chi connectivity index (χ2n) is 4.52.